The fourth-order valence-electron chi connectivity index (χ4n) is 3.38. The van der Waals surface area contributed by atoms with Gasteiger partial charge in [0.2, 0.25) is 0 Å². The van der Waals surface area contributed by atoms with Crippen LogP contribution in [0.25, 0.3) is 0 Å². The zero-order valence-corrected chi connectivity index (χ0v) is 15.7. The van der Waals surface area contributed by atoms with E-state index in [1.165, 1.54) is 16.7 Å². The summed E-state index contributed by atoms with van der Waals surface area (Å²) in [5, 5.41) is 8.97. The van der Waals surface area contributed by atoms with Crippen molar-refractivity contribution in [3.8, 4) is 0 Å². The van der Waals surface area contributed by atoms with Crippen LogP contribution in [0.4, 0.5) is 0 Å². The molecule has 1 aliphatic rings. The van der Waals surface area contributed by atoms with Crippen LogP contribution in [0.15, 0.2) is 48.5 Å². The molecule has 1 heterocycles. The largest absolute Gasteiger partial charge is 0.478 e. The minimum atomic E-state index is -0.869. The summed E-state index contributed by atoms with van der Waals surface area (Å²) >= 11 is 0. The smallest absolute Gasteiger partial charge is 0.335 e. The van der Waals surface area contributed by atoms with Crippen molar-refractivity contribution in [1.29, 1.82) is 0 Å². The van der Waals surface area contributed by atoms with E-state index in [2.05, 4.69) is 47.9 Å². The van der Waals surface area contributed by atoms with Gasteiger partial charge >= 0.3 is 5.97 Å². The van der Waals surface area contributed by atoms with E-state index in [1.807, 2.05) is 12.1 Å². The number of aromatic carboxylic acids is 1. The molecule has 2 aromatic rings. The number of carboxylic acids is 1. The topological polar surface area (TPSA) is 43.8 Å². The van der Waals surface area contributed by atoms with Crippen molar-refractivity contribution in [2.75, 3.05) is 26.2 Å². The number of rotatable bonds is 6. The maximum Gasteiger partial charge on any atom is 0.335 e. The summed E-state index contributed by atoms with van der Waals surface area (Å²) < 4.78 is 0. The molecule has 1 saturated heterocycles. The van der Waals surface area contributed by atoms with Gasteiger partial charge in [-0.25, -0.2) is 4.79 Å². The van der Waals surface area contributed by atoms with Crippen molar-refractivity contribution >= 4 is 5.97 Å². The number of benzene rings is 2. The highest BCUT2D eigenvalue weighted by atomic mass is 16.4. The molecule has 0 unspecified atom stereocenters. The predicted octanol–water partition coefficient (Wildman–Crippen LogP) is 3.83. The van der Waals surface area contributed by atoms with Crippen LogP contribution in [-0.2, 0) is 13.1 Å². The second-order valence-electron chi connectivity index (χ2n) is 7.45. The molecule has 0 amide bonds. The Balaban J connectivity index is 1.47. The fourth-order valence-corrected chi connectivity index (χ4v) is 3.38. The molecule has 1 aliphatic heterocycles. The highest BCUT2D eigenvalue weighted by Crippen LogP contribution is 2.17. The highest BCUT2D eigenvalue weighted by molar-refractivity contribution is 5.87. The first-order valence-electron chi connectivity index (χ1n) is 9.37. The average molecular weight is 352 g/mol. The third-order valence-electron chi connectivity index (χ3n) is 5.12. The van der Waals surface area contributed by atoms with E-state index in [9.17, 15) is 4.79 Å². The van der Waals surface area contributed by atoms with E-state index >= 15 is 0 Å². The standard InChI is InChI=1S/C22H28N2O2/c1-17(2)20-7-3-18(4-8-20)15-23-11-13-24(14-12-23)16-19-5-9-21(10-6-19)22(25)26/h3-10,17H,11-16H2,1-2H3,(H,25,26). The van der Waals surface area contributed by atoms with E-state index < -0.39 is 5.97 Å². The minimum Gasteiger partial charge on any atom is -0.478 e. The van der Waals surface area contributed by atoms with Crippen LogP contribution in [-0.4, -0.2) is 47.1 Å². The van der Waals surface area contributed by atoms with Crippen molar-refractivity contribution < 1.29 is 9.90 Å². The molecule has 0 bridgehead atoms. The van der Waals surface area contributed by atoms with E-state index in [-0.39, 0.29) is 0 Å². The molecule has 0 aromatic heterocycles. The third kappa shape index (κ3) is 4.93. The Morgan fingerprint density at radius 2 is 1.27 bits per heavy atom. The van der Waals surface area contributed by atoms with E-state index in [1.54, 1.807) is 12.1 Å². The molecular formula is C22H28N2O2. The van der Waals surface area contributed by atoms with Crippen LogP contribution in [0, 0.1) is 0 Å². The van der Waals surface area contributed by atoms with Crippen LogP contribution < -0.4 is 0 Å². The SMILES string of the molecule is CC(C)c1ccc(CN2CCN(Cc3ccc(C(=O)O)cc3)CC2)cc1. The maximum absolute atomic E-state index is 10.9. The molecule has 1 fully saturated rings. The summed E-state index contributed by atoms with van der Waals surface area (Å²) in [5.41, 5.74) is 4.30. The van der Waals surface area contributed by atoms with Gasteiger partial charge < -0.3 is 5.11 Å². The number of nitrogens with zero attached hydrogens (tertiary/aromatic N) is 2. The van der Waals surface area contributed by atoms with Gasteiger partial charge in [0, 0.05) is 39.3 Å². The third-order valence-corrected chi connectivity index (χ3v) is 5.12. The van der Waals surface area contributed by atoms with Crippen molar-refractivity contribution in [1.82, 2.24) is 9.80 Å². The van der Waals surface area contributed by atoms with Crippen LogP contribution in [0.2, 0.25) is 0 Å². The lowest BCUT2D eigenvalue weighted by molar-refractivity contribution is 0.0697. The van der Waals surface area contributed by atoms with Gasteiger partial charge in [-0.15, -0.1) is 0 Å². The normalized spacial score (nSPS) is 16.1. The predicted molar refractivity (Wildman–Crippen MR) is 104 cm³/mol. The minimum absolute atomic E-state index is 0.349. The lowest BCUT2D eigenvalue weighted by atomic mass is 10.0. The van der Waals surface area contributed by atoms with Gasteiger partial charge in [-0.05, 0) is 34.7 Å². The molecule has 26 heavy (non-hydrogen) atoms. The molecule has 4 nitrogen and oxygen atoms in total. The quantitative estimate of drug-likeness (QED) is 0.858. The summed E-state index contributed by atoms with van der Waals surface area (Å²) in [7, 11) is 0. The number of hydrogen-bond donors (Lipinski definition) is 1. The van der Waals surface area contributed by atoms with Crippen LogP contribution in [0.5, 0.6) is 0 Å². The molecular weight excluding hydrogens is 324 g/mol. The summed E-state index contributed by atoms with van der Waals surface area (Å²) in [6.07, 6.45) is 0. The lowest BCUT2D eigenvalue weighted by Crippen LogP contribution is -2.45. The number of piperazine rings is 1. The molecule has 0 radical (unpaired) electrons. The molecule has 0 aliphatic carbocycles. The Bertz CT molecular complexity index is 715. The Labute approximate surface area is 156 Å². The van der Waals surface area contributed by atoms with Gasteiger partial charge in [-0.3, -0.25) is 9.80 Å². The van der Waals surface area contributed by atoms with Gasteiger partial charge in [-0.1, -0.05) is 50.2 Å². The molecule has 138 valence electrons. The van der Waals surface area contributed by atoms with E-state index in [4.69, 9.17) is 5.11 Å². The van der Waals surface area contributed by atoms with Crippen molar-refractivity contribution in [2.45, 2.75) is 32.9 Å². The summed E-state index contributed by atoms with van der Waals surface area (Å²) in [5.74, 6) is -0.288. The monoisotopic (exact) mass is 352 g/mol. The number of carbonyl (C=O) groups is 1. The summed E-state index contributed by atoms with van der Waals surface area (Å²) in [6.45, 7) is 10.6. The molecule has 0 atom stereocenters. The van der Waals surface area contributed by atoms with Gasteiger partial charge in [0.15, 0.2) is 0 Å². The molecule has 0 spiro atoms. The second-order valence-corrected chi connectivity index (χ2v) is 7.45. The maximum atomic E-state index is 10.9. The highest BCUT2D eigenvalue weighted by Gasteiger charge is 2.17. The summed E-state index contributed by atoms with van der Waals surface area (Å²) in [6, 6.07) is 16.2. The van der Waals surface area contributed by atoms with Gasteiger partial charge in [-0.2, -0.15) is 0 Å². The van der Waals surface area contributed by atoms with Crippen molar-refractivity contribution in [3.05, 3.63) is 70.8 Å². The van der Waals surface area contributed by atoms with E-state index in [0.717, 1.165) is 39.3 Å². The van der Waals surface area contributed by atoms with Crippen molar-refractivity contribution in [2.24, 2.45) is 0 Å². The Morgan fingerprint density at radius 3 is 1.65 bits per heavy atom. The zero-order chi connectivity index (χ0) is 18.5. The van der Waals surface area contributed by atoms with Crippen LogP contribution in [0.1, 0.15) is 46.8 Å². The molecule has 4 heteroatoms. The van der Waals surface area contributed by atoms with Crippen molar-refractivity contribution in [3.63, 3.8) is 0 Å². The zero-order valence-electron chi connectivity index (χ0n) is 15.7. The molecule has 3 rings (SSSR count). The molecule has 1 N–H and O–H groups in total. The van der Waals surface area contributed by atoms with Crippen LogP contribution >= 0.6 is 0 Å². The Morgan fingerprint density at radius 1 is 0.846 bits per heavy atom. The lowest BCUT2D eigenvalue weighted by Gasteiger charge is -2.34. The molecule has 0 saturated carbocycles. The Kier molecular flexibility index (Phi) is 6.07. The van der Waals surface area contributed by atoms with Crippen LogP contribution in [0.3, 0.4) is 0 Å². The first-order valence-corrected chi connectivity index (χ1v) is 9.37. The first-order chi connectivity index (χ1) is 12.5. The molecule has 2 aromatic carbocycles. The average Bonchev–Trinajstić information content (AvgIpc) is 2.64. The fraction of sp³-hybridized carbons (Fsp3) is 0.409. The Hall–Kier alpha value is -2.17. The summed E-state index contributed by atoms with van der Waals surface area (Å²) in [4.78, 5) is 15.9. The van der Waals surface area contributed by atoms with E-state index in [0.29, 0.717) is 11.5 Å². The number of carboxylic acid groups (broad SMARTS) is 1. The first kappa shape index (κ1) is 18.6. The van der Waals surface area contributed by atoms with Gasteiger partial charge in [0.25, 0.3) is 0 Å². The van der Waals surface area contributed by atoms with Gasteiger partial charge in [0.1, 0.15) is 0 Å². The second kappa shape index (κ2) is 8.47. The van der Waals surface area contributed by atoms with Gasteiger partial charge in [0.05, 0.1) is 5.56 Å². The number of hydrogen-bond acceptors (Lipinski definition) is 3.